The molecule has 0 N–H and O–H groups in total. The fourth-order valence-corrected chi connectivity index (χ4v) is 4.68. The molecule has 0 radical (unpaired) electrons. The van der Waals surface area contributed by atoms with Crippen LogP contribution in [0, 0.1) is 0 Å². The van der Waals surface area contributed by atoms with Gasteiger partial charge >= 0.3 is 0 Å². The molecule has 0 bridgehead atoms. The third kappa shape index (κ3) is 1.55. The van der Waals surface area contributed by atoms with Crippen LogP contribution in [-0.2, 0) is 0 Å². The Morgan fingerprint density at radius 2 is 1.50 bits per heavy atom. The van der Waals surface area contributed by atoms with Crippen LogP contribution in [0.3, 0.4) is 0 Å². The van der Waals surface area contributed by atoms with E-state index in [2.05, 4.69) is 75.5 Å². The molecule has 0 aliphatic rings. The van der Waals surface area contributed by atoms with Crippen LogP contribution in [-0.4, -0.2) is 20.9 Å². The van der Waals surface area contributed by atoms with Gasteiger partial charge in [0.1, 0.15) is 5.75 Å². The van der Waals surface area contributed by atoms with Crippen LogP contribution in [0.25, 0.3) is 54.9 Å². The van der Waals surface area contributed by atoms with Crippen molar-refractivity contribution in [3.05, 3.63) is 72.8 Å². The zero-order valence-electron chi connectivity index (χ0n) is 15.2. The normalized spacial score (nSPS) is 12.5. The van der Waals surface area contributed by atoms with Gasteiger partial charge in [-0.15, -0.1) is 0 Å². The van der Waals surface area contributed by atoms with E-state index in [1.54, 1.807) is 7.11 Å². The zero-order chi connectivity index (χ0) is 18.4. The smallest absolute Gasteiger partial charge is 0.220 e. The van der Waals surface area contributed by atoms with Crippen molar-refractivity contribution >= 4 is 54.9 Å². The van der Waals surface area contributed by atoms with Crippen molar-refractivity contribution in [2.24, 2.45) is 0 Å². The number of hydrogen-bond donors (Lipinski definition) is 0. The molecular weight excluding hydrogens is 346 g/mol. The lowest BCUT2D eigenvalue weighted by molar-refractivity contribution is 0.416. The van der Waals surface area contributed by atoms with Gasteiger partial charge in [0.25, 0.3) is 0 Å². The molecule has 0 saturated carbocycles. The molecule has 4 aromatic carbocycles. The Hall–Kier alpha value is -3.79. The Balaban J connectivity index is 1.86. The maximum Gasteiger partial charge on any atom is 0.220 e. The average Bonchev–Trinajstić information content (AvgIpc) is 3.36. The van der Waals surface area contributed by atoms with Crippen LogP contribution < -0.4 is 4.74 Å². The Morgan fingerprint density at radius 1 is 0.714 bits per heavy atom. The van der Waals surface area contributed by atoms with Crippen LogP contribution >= 0.6 is 0 Å². The van der Waals surface area contributed by atoms with Gasteiger partial charge in [0.2, 0.25) is 5.78 Å². The number of imidazole rings is 2. The van der Waals surface area contributed by atoms with E-state index < -0.39 is 0 Å². The highest BCUT2D eigenvalue weighted by Gasteiger charge is 2.21. The highest BCUT2D eigenvalue weighted by Crippen LogP contribution is 2.40. The van der Waals surface area contributed by atoms with Gasteiger partial charge in [-0.25, -0.2) is 4.98 Å². The minimum atomic E-state index is 0.861. The lowest BCUT2D eigenvalue weighted by Gasteiger charge is -2.03. The van der Waals surface area contributed by atoms with Gasteiger partial charge in [-0.1, -0.05) is 36.4 Å². The van der Waals surface area contributed by atoms with Crippen molar-refractivity contribution in [2.75, 3.05) is 7.11 Å². The highest BCUT2D eigenvalue weighted by atomic mass is 16.5. The molecule has 0 unspecified atom stereocenters. The molecule has 0 aliphatic heterocycles. The molecule has 4 heteroatoms. The predicted molar refractivity (Wildman–Crippen MR) is 114 cm³/mol. The summed E-state index contributed by atoms with van der Waals surface area (Å²) in [5.41, 5.74) is 5.61. The van der Waals surface area contributed by atoms with Crippen LogP contribution in [0.2, 0.25) is 0 Å². The van der Waals surface area contributed by atoms with E-state index in [0.29, 0.717) is 0 Å². The van der Waals surface area contributed by atoms with E-state index in [1.807, 2.05) is 6.07 Å². The molecule has 0 amide bonds. The number of hydrogen-bond acceptors (Lipinski definition) is 2. The Morgan fingerprint density at radius 3 is 2.36 bits per heavy atom. The Labute approximate surface area is 159 Å². The van der Waals surface area contributed by atoms with E-state index in [-0.39, 0.29) is 0 Å². The Kier molecular flexibility index (Phi) is 2.41. The van der Waals surface area contributed by atoms with Crippen molar-refractivity contribution in [1.82, 2.24) is 13.8 Å². The highest BCUT2D eigenvalue weighted by molar-refractivity contribution is 6.19. The topological polar surface area (TPSA) is 30.9 Å². The SMILES string of the molecule is COc1cc2c3cc4ccccc4cc3n3c2c(c1)n1c2ccccc2nc13. The summed E-state index contributed by atoms with van der Waals surface area (Å²) < 4.78 is 10.2. The summed E-state index contributed by atoms with van der Waals surface area (Å²) in [5.74, 6) is 1.81. The van der Waals surface area contributed by atoms with Crippen molar-refractivity contribution in [3.8, 4) is 5.75 Å². The number of benzene rings is 4. The van der Waals surface area contributed by atoms with Gasteiger partial charge in [0, 0.05) is 16.8 Å². The standard InChI is InChI=1S/C24H15N3O/c1-28-16-12-18-17-10-14-6-2-3-7-15(14)11-21(17)27-23(18)22(13-16)26-20-9-5-4-8-19(20)25-24(26)27/h2-13H,1H3. The molecule has 7 rings (SSSR count). The fraction of sp³-hybridized carbons (Fsp3) is 0.0417. The number of ether oxygens (including phenoxy) is 1. The molecule has 0 atom stereocenters. The summed E-state index contributed by atoms with van der Waals surface area (Å²) in [7, 11) is 1.73. The maximum absolute atomic E-state index is 5.65. The van der Waals surface area contributed by atoms with E-state index in [1.165, 1.54) is 32.6 Å². The largest absolute Gasteiger partial charge is 0.497 e. The van der Waals surface area contributed by atoms with Crippen molar-refractivity contribution < 1.29 is 4.74 Å². The lowest BCUT2D eigenvalue weighted by atomic mass is 10.1. The van der Waals surface area contributed by atoms with Crippen molar-refractivity contribution in [2.45, 2.75) is 0 Å². The number of para-hydroxylation sites is 2. The first-order valence-corrected chi connectivity index (χ1v) is 9.37. The first kappa shape index (κ1) is 14.3. The number of fused-ring (bicyclic) bond motifs is 9. The van der Waals surface area contributed by atoms with Crippen LogP contribution in [0.1, 0.15) is 0 Å². The van der Waals surface area contributed by atoms with Gasteiger partial charge in [0.15, 0.2) is 0 Å². The molecule has 0 saturated heterocycles. The second kappa shape index (κ2) is 4.73. The second-order valence-corrected chi connectivity index (χ2v) is 7.33. The summed E-state index contributed by atoms with van der Waals surface area (Å²) in [5, 5.41) is 4.90. The molecule has 28 heavy (non-hydrogen) atoms. The van der Waals surface area contributed by atoms with Crippen LogP contribution in [0.4, 0.5) is 0 Å². The molecule has 0 aliphatic carbocycles. The summed E-state index contributed by atoms with van der Waals surface area (Å²) in [6.07, 6.45) is 0. The summed E-state index contributed by atoms with van der Waals surface area (Å²) in [6, 6.07) is 25.6. The number of methoxy groups -OCH3 is 1. The molecule has 4 nitrogen and oxygen atoms in total. The minimum absolute atomic E-state index is 0.861. The van der Waals surface area contributed by atoms with Crippen molar-refractivity contribution in [3.63, 3.8) is 0 Å². The van der Waals surface area contributed by atoms with Gasteiger partial charge < -0.3 is 4.74 Å². The van der Waals surface area contributed by atoms with Crippen molar-refractivity contribution in [1.29, 1.82) is 0 Å². The summed E-state index contributed by atoms with van der Waals surface area (Å²) >= 11 is 0. The monoisotopic (exact) mass is 361 g/mol. The van der Waals surface area contributed by atoms with E-state index in [9.17, 15) is 0 Å². The zero-order valence-corrected chi connectivity index (χ0v) is 15.2. The van der Waals surface area contributed by atoms with E-state index >= 15 is 0 Å². The molecular formula is C24H15N3O. The molecule has 0 fully saturated rings. The second-order valence-electron chi connectivity index (χ2n) is 7.33. The molecule has 7 aromatic rings. The maximum atomic E-state index is 5.65. The van der Waals surface area contributed by atoms with Crippen LogP contribution in [0.5, 0.6) is 5.75 Å². The fourth-order valence-electron chi connectivity index (χ4n) is 4.68. The first-order chi connectivity index (χ1) is 13.8. The van der Waals surface area contributed by atoms with E-state index in [4.69, 9.17) is 9.72 Å². The molecule has 0 spiro atoms. The van der Waals surface area contributed by atoms with Gasteiger partial charge in [-0.05, 0) is 41.1 Å². The average molecular weight is 361 g/mol. The van der Waals surface area contributed by atoms with E-state index in [0.717, 1.165) is 28.1 Å². The number of nitrogens with zero attached hydrogens (tertiary/aromatic N) is 3. The minimum Gasteiger partial charge on any atom is -0.497 e. The predicted octanol–water partition coefficient (Wildman–Crippen LogP) is 5.65. The number of rotatable bonds is 1. The van der Waals surface area contributed by atoms with Gasteiger partial charge in [-0.2, -0.15) is 0 Å². The quantitative estimate of drug-likeness (QED) is 0.378. The van der Waals surface area contributed by atoms with Gasteiger partial charge in [-0.3, -0.25) is 8.80 Å². The molecule has 3 heterocycles. The summed E-state index contributed by atoms with van der Waals surface area (Å²) in [4.78, 5) is 4.98. The number of aromatic nitrogens is 3. The molecule has 132 valence electrons. The third-order valence-electron chi connectivity index (χ3n) is 5.90. The van der Waals surface area contributed by atoms with Gasteiger partial charge in [0.05, 0.1) is 34.7 Å². The Bertz CT molecular complexity index is 1700. The molecule has 3 aromatic heterocycles. The first-order valence-electron chi connectivity index (χ1n) is 9.37. The van der Waals surface area contributed by atoms with Crippen LogP contribution in [0.15, 0.2) is 72.8 Å². The lowest BCUT2D eigenvalue weighted by Crippen LogP contribution is -1.86. The summed E-state index contributed by atoms with van der Waals surface area (Å²) in [6.45, 7) is 0. The third-order valence-corrected chi connectivity index (χ3v) is 5.90.